The summed E-state index contributed by atoms with van der Waals surface area (Å²) in [6.07, 6.45) is 72.1. The number of unbranched alkanes of at least 4 members (excludes halogenated alkanes) is 45. The molecule has 0 bridgehead atoms. The highest BCUT2D eigenvalue weighted by atomic mass is 16.5. The zero-order valence-corrected chi connectivity index (χ0v) is 46.6. The van der Waals surface area contributed by atoms with Crippen LogP contribution in [0.2, 0.25) is 0 Å². The van der Waals surface area contributed by atoms with Gasteiger partial charge in [0.05, 0.1) is 25.4 Å². The minimum Gasteiger partial charge on any atom is -0.466 e. The molecular weight excluding hydrogens is 851 g/mol. The highest BCUT2D eigenvalue weighted by Gasteiger charge is 2.18. The van der Waals surface area contributed by atoms with Crippen LogP contribution >= 0.6 is 0 Å². The van der Waals surface area contributed by atoms with Crippen molar-refractivity contribution in [1.29, 1.82) is 0 Å². The number of rotatable bonds is 58. The number of amides is 1. The molecule has 0 aromatic carbocycles. The molecule has 0 aromatic rings. The Hall–Kier alpha value is -1.66. The van der Waals surface area contributed by atoms with Gasteiger partial charge in [-0.1, -0.05) is 295 Å². The Labute approximate surface area is 431 Å². The lowest BCUT2D eigenvalue weighted by molar-refractivity contribution is -0.143. The number of aliphatic hydroxyl groups is 2. The summed E-state index contributed by atoms with van der Waals surface area (Å²) in [6.45, 7) is 4.91. The van der Waals surface area contributed by atoms with Crippen LogP contribution in [0.3, 0.4) is 0 Å². The Balaban J connectivity index is 3.42. The van der Waals surface area contributed by atoms with E-state index in [1.807, 2.05) is 6.08 Å². The first kappa shape index (κ1) is 67.3. The van der Waals surface area contributed by atoms with E-state index in [0.717, 1.165) is 44.9 Å². The lowest BCUT2D eigenvalue weighted by Gasteiger charge is -2.20. The molecule has 0 saturated heterocycles. The minimum absolute atomic E-state index is 0.00452. The Bertz CT molecular complexity index is 1080. The molecule has 1 amide bonds. The van der Waals surface area contributed by atoms with Crippen LogP contribution in [0.5, 0.6) is 0 Å². The molecule has 0 radical (unpaired) electrons. The van der Waals surface area contributed by atoms with Gasteiger partial charge in [-0.15, -0.1) is 0 Å². The maximum absolute atomic E-state index is 12.5. The first-order valence-corrected chi connectivity index (χ1v) is 31.1. The molecule has 0 saturated carbocycles. The molecule has 0 aliphatic carbocycles. The van der Waals surface area contributed by atoms with Crippen LogP contribution in [-0.4, -0.2) is 47.4 Å². The van der Waals surface area contributed by atoms with E-state index in [0.29, 0.717) is 19.4 Å². The molecule has 2 unspecified atom stereocenters. The molecule has 3 N–H and O–H groups in total. The molecule has 0 spiro atoms. The van der Waals surface area contributed by atoms with Crippen molar-refractivity contribution >= 4 is 11.9 Å². The van der Waals surface area contributed by atoms with Gasteiger partial charge in [0, 0.05) is 12.8 Å². The van der Waals surface area contributed by atoms with Crippen LogP contribution < -0.4 is 5.32 Å². The standard InChI is InChI=1S/C63H121NO5/c1-3-5-7-9-11-13-15-17-19-21-22-25-29-33-37-41-45-49-53-57-63(68)69-58-54-50-46-42-38-34-30-26-23-24-28-32-36-40-44-48-52-56-62(67)64-60(59-65)61(66)55-51-47-43-39-35-31-27-20-18-16-14-12-10-8-6-4-2/h17,19,51,55,60-61,65-66H,3-16,18,20-50,52-54,56-59H2,1-2H3,(H,64,67)/b19-17-,55-51+. The van der Waals surface area contributed by atoms with Crippen molar-refractivity contribution in [3.8, 4) is 0 Å². The quantitative estimate of drug-likeness (QED) is 0.0321. The lowest BCUT2D eigenvalue weighted by atomic mass is 10.0. The highest BCUT2D eigenvalue weighted by molar-refractivity contribution is 5.76. The van der Waals surface area contributed by atoms with E-state index in [2.05, 4.69) is 31.3 Å². The van der Waals surface area contributed by atoms with Gasteiger partial charge < -0.3 is 20.3 Å². The Morgan fingerprint density at radius 3 is 1.03 bits per heavy atom. The fourth-order valence-electron chi connectivity index (χ4n) is 9.69. The largest absolute Gasteiger partial charge is 0.466 e. The van der Waals surface area contributed by atoms with Gasteiger partial charge in [-0.25, -0.2) is 0 Å². The third-order valence-corrected chi connectivity index (χ3v) is 14.5. The van der Waals surface area contributed by atoms with Crippen LogP contribution in [0.1, 0.15) is 341 Å². The van der Waals surface area contributed by atoms with Crippen LogP contribution in [0.4, 0.5) is 0 Å². The van der Waals surface area contributed by atoms with Crippen LogP contribution in [0, 0.1) is 0 Å². The van der Waals surface area contributed by atoms with E-state index >= 15 is 0 Å². The normalized spacial score (nSPS) is 12.7. The molecule has 0 fully saturated rings. The SMILES string of the molecule is CCCCCCCC/C=C\CCCCCCCCCCCC(=O)OCCCCCCCCCCCCCCCCCCCC(=O)NC(CO)C(O)/C=C/CCCCCCCCCCCCCCCC. The second kappa shape index (κ2) is 58.9. The van der Waals surface area contributed by atoms with Crippen molar-refractivity contribution in [1.82, 2.24) is 5.32 Å². The summed E-state index contributed by atoms with van der Waals surface area (Å²) >= 11 is 0. The number of hydrogen-bond donors (Lipinski definition) is 3. The van der Waals surface area contributed by atoms with E-state index in [1.165, 1.54) is 270 Å². The summed E-state index contributed by atoms with van der Waals surface area (Å²) in [5.41, 5.74) is 0. The number of aliphatic hydroxyl groups excluding tert-OH is 2. The minimum atomic E-state index is -0.848. The molecule has 2 atom stereocenters. The van der Waals surface area contributed by atoms with Gasteiger partial charge in [0.15, 0.2) is 0 Å². The van der Waals surface area contributed by atoms with Crippen molar-refractivity contribution < 1.29 is 24.5 Å². The molecule has 0 aromatic heterocycles. The third kappa shape index (κ3) is 55.5. The van der Waals surface area contributed by atoms with Gasteiger partial charge in [-0.05, 0) is 57.8 Å². The first-order chi connectivity index (χ1) is 34.0. The van der Waals surface area contributed by atoms with Crippen molar-refractivity contribution in [3.05, 3.63) is 24.3 Å². The number of esters is 1. The average Bonchev–Trinajstić information content (AvgIpc) is 3.35. The maximum atomic E-state index is 12.5. The van der Waals surface area contributed by atoms with E-state index in [9.17, 15) is 19.8 Å². The molecule has 408 valence electrons. The number of carbonyl (C=O) groups excluding carboxylic acids is 2. The summed E-state index contributed by atoms with van der Waals surface area (Å²) in [6, 6.07) is -0.632. The van der Waals surface area contributed by atoms with Gasteiger partial charge in [0.2, 0.25) is 5.91 Å². The second-order valence-corrected chi connectivity index (χ2v) is 21.4. The summed E-state index contributed by atoms with van der Waals surface area (Å²) < 4.78 is 5.50. The number of carbonyl (C=O) groups is 2. The Morgan fingerprint density at radius 2 is 0.681 bits per heavy atom. The zero-order valence-electron chi connectivity index (χ0n) is 46.6. The molecule has 0 heterocycles. The van der Waals surface area contributed by atoms with Crippen molar-refractivity contribution in [2.75, 3.05) is 13.2 Å². The highest BCUT2D eigenvalue weighted by Crippen LogP contribution is 2.17. The molecule has 0 rings (SSSR count). The van der Waals surface area contributed by atoms with Gasteiger partial charge >= 0.3 is 5.97 Å². The summed E-state index contributed by atoms with van der Waals surface area (Å²) in [4.78, 5) is 24.6. The third-order valence-electron chi connectivity index (χ3n) is 14.5. The van der Waals surface area contributed by atoms with Gasteiger partial charge in [-0.2, -0.15) is 0 Å². The summed E-state index contributed by atoms with van der Waals surface area (Å²) in [5.74, 6) is -0.0667. The predicted octanol–water partition coefficient (Wildman–Crippen LogP) is 19.4. The molecule has 69 heavy (non-hydrogen) atoms. The van der Waals surface area contributed by atoms with Crippen molar-refractivity contribution in [2.45, 2.75) is 353 Å². The summed E-state index contributed by atoms with van der Waals surface area (Å²) in [5, 5.41) is 23.1. The van der Waals surface area contributed by atoms with Gasteiger partial charge in [-0.3, -0.25) is 9.59 Å². The number of hydrogen-bond acceptors (Lipinski definition) is 5. The van der Waals surface area contributed by atoms with Crippen LogP contribution in [0.15, 0.2) is 24.3 Å². The number of ether oxygens (including phenoxy) is 1. The fourth-order valence-corrected chi connectivity index (χ4v) is 9.69. The topological polar surface area (TPSA) is 95.9 Å². The van der Waals surface area contributed by atoms with Gasteiger partial charge in [0.1, 0.15) is 0 Å². The number of allylic oxidation sites excluding steroid dienone is 3. The maximum Gasteiger partial charge on any atom is 0.305 e. The molecule has 0 aliphatic rings. The van der Waals surface area contributed by atoms with E-state index in [1.54, 1.807) is 6.08 Å². The van der Waals surface area contributed by atoms with Crippen LogP contribution in [0.25, 0.3) is 0 Å². The fraction of sp³-hybridized carbons (Fsp3) is 0.905. The van der Waals surface area contributed by atoms with Gasteiger partial charge in [0.25, 0.3) is 0 Å². The monoisotopic (exact) mass is 972 g/mol. The van der Waals surface area contributed by atoms with Crippen molar-refractivity contribution in [3.63, 3.8) is 0 Å². The summed E-state index contributed by atoms with van der Waals surface area (Å²) in [7, 11) is 0. The Morgan fingerprint density at radius 1 is 0.391 bits per heavy atom. The predicted molar refractivity (Wildman–Crippen MR) is 301 cm³/mol. The number of nitrogens with one attached hydrogen (secondary N) is 1. The lowest BCUT2D eigenvalue weighted by Crippen LogP contribution is -2.45. The molecule has 6 nitrogen and oxygen atoms in total. The molecule has 0 aliphatic heterocycles. The van der Waals surface area contributed by atoms with E-state index in [4.69, 9.17) is 4.74 Å². The molecule has 6 heteroatoms. The van der Waals surface area contributed by atoms with E-state index in [-0.39, 0.29) is 18.5 Å². The zero-order chi connectivity index (χ0) is 50.0. The molecular formula is C63H121NO5. The first-order valence-electron chi connectivity index (χ1n) is 31.1. The average molecular weight is 973 g/mol. The van der Waals surface area contributed by atoms with Crippen LogP contribution in [-0.2, 0) is 14.3 Å². The van der Waals surface area contributed by atoms with E-state index < -0.39 is 12.1 Å². The smallest absolute Gasteiger partial charge is 0.305 e. The van der Waals surface area contributed by atoms with Crippen molar-refractivity contribution in [2.24, 2.45) is 0 Å². The second-order valence-electron chi connectivity index (χ2n) is 21.4. The Kier molecular flexibility index (Phi) is 57.5.